The first-order chi connectivity index (χ1) is 7.59. The number of rotatable bonds is 0. The molecule has 1 heterocycles. The highest BCUT2D eigenvalue weighted by Gasteiger charge is 2.31. The van der Waals surface area contributed by atoms with Crippen molar-refractivity contribution < 1.29 is 14.7 Å². The number of carbonyl (C=O) groups is 2. The van der Waals surface area contributed by atoms with Crippen LogP contribution in [0.2, 0.25) is 0 Å². The molecule has 3 N–H and O–H groups in total. The average molecular weight is 239 g/mol. The number of benzene rings is 1. The van der Waals surface area contributed by atoms with E-state index >= 15 is 0 Å². The van der Waals surface area contributed by atoms with E-state index in [1.165, 1.54) is 0 Å². The first kappa shape index (κ1) is 10.6. The fourth-order valence-electron chi connectivity index (χ4n) is 1.40. The molecular weight excluding hydrogens is 230 g/mol. The predicted octanol–water partition coefficient (Wildman–Crippen LogP) is 1.48. The molecular formula is C9H9N3O3S. The largest absolute Gasteiger partial charge is 0.464 e. The lowest BCUT2D eigenvalue weighted by Gasteiger charge is -2.34. The Labute approximate surface area is 95.7 Å². The number of amides is 3. The van der Waals surface area contributed by atoms with Crippen LogP contribution in [-0.2, 0) is 6.54 Å². The summed E-state index contributed by atoms with van der Waals surface area (Å²) in [4.78, 5) is 22.9. The van der Waals surface area contributed by atoms with Crippen molar-refractivity contribution in [3.05, 3.63) is 29.8 Å². The summed E-state index contributed by atoms with van der Waals surface area (Å²) in [6.45, 7) is 0.126. The number of urea groups is 1. The van der Waals surface area contributed by atoms with E-state index < -0.39 is 12.1 Å². The van der Waals surface area contributed by atoms with E-state index in [-0.39, 0.29) is 6.54 Å². The molecule has 0 saturated heterocycles. The zero-order valence-corrected chi connectivity index (χ0v) is 8.98. The molecule has 0 radical (unpaired) electrons. The molecule has 0 atom stereocenters. The molecule has 0 aliphatic carbocycles. The number of carbonyl (C=O) groups excluding carboxylic acids is 1. The van der Waals surface area contributed by atoms with Gasteiger partial charge in [-0.25, -0.2) is 9.59 Å². The van der Waals surface area contributed by atoms with Crippen molar-refractivity contribution in [1.29, 1.82) is 0 Å². The van der Waals surface area contributed by atoms with E-state index in [0.717, 1.165) is 31.8 Å². The van der Waals surface area contributed by atoms with Gasteiger partial charge in [0.25, 0.3) is 0 Å². The Morgan fingerprint density at radius 2 is 2.06 bits per heavy atom. The van der Waals surface area contributed by atoms with Gasteiger partial charge in [-0.3, -0.25) is 0 Å². The molecule has 1 aromatic carbocycles. The normalized spacial score (nSPS) is 14.5. The Morgan fingerprint density at radius 1 is 1.38 bits per heavy atom. The van der Waals surface area contributed by atoms with E-state index in [1.54, 1.807) is 0 Å². The zero-order chi connectivity index (χ0) is 11.7. The Balaban J connectivity index is 2.37. The highest BCUT2D eigenvalue weighted by molar-refractivity contribution is 7.97. The van der Waals surface area contributed by atoms with Gasteiger partial charge in [-0.05, 0) is 11.6 Å². The molecule has 0 saturated carbocycles. The maximum atomic E-state index is 11.1. The van der Waals surface area contributed by atoms with E-state index in [0.29, 0.717) is 0 Å². The average Bonchev–Trinajstić information content (AvgIpc) is 2.27. The second-order valence-electron chi connectivity index (χ2n) is 3.15. The molecule has 0 spiro atoms. The Hall–Kier alpha value is -1.89. The monoisotopic (exact) mass is 239 g/mol. The summed E-state index contributed by atoms with van der Waals surface area (Å²) in [6, 6.07) is 6.47. The molecule has 7 heteroatoms. The molecule has 6 nitrogen and oxygen atoms in total. The summed E-state index contributed by atoms with van der Waals surface area (Å²) in [7, 11) is 0. The minimum Gasteiger partial charge on any atom is -0.464 e. The van der Waals surface area contributed by atoms with Gasteiger partial charge in [0.05, 0.1) is 6.54 Å². The van der Waals surface area contributed by atoms with Crippen molar-refractivity contribution in [3.63, 3.8) is 0 Å². The van der Waals surface area contributed by atoms with Crippen molar-refractivity contribution in [2.45, 2.75) is 11.4 Å². The van der Waals surface area contributed by atoms with Gasteiger partial charge < -0.3 is 10.8 Å². The number of hydrogen-bond donors (Lipinski definition) is 2. The minimum atomic E-state index is -1.21. The summed E-state index contributed by atoms with van der Waals surface area (Å²) in [6.07, 6.45) is -1.21. The van der Waals surface area contributed by atoms with E-state index in [4.69, 9.17) is 10.8 Å². The van der Waals surface area contributed by atoms with Crippen LogP contribution in [0.15, 0.2) is 29.2 Å². The topological polar surface area (TPSA) is 86.9 Å². The number of carboxylic acid groups (broad SMARTS) is 1. The Kier molecular flexibility index (Phi) is 2.61. The zero-order valence-electron chi connectivity index (χ0n) is 8.16. The first-order valence-corrected chi connectivity index (χ1v) is 5.22. The molecule has 0 unspecified atom stereocenters. The van der Waals surface area contributed by atoms with Crippen LogP contribution in [0.5, 0.6) is 0 Å². The third-order valence-corrected chi connectivity index (χ3v) is 3.25. The fraction of sp³-hybridized carbons (Fsp3) is 0.111. The smallest absolute Gasteiger partial charge is 0.427 e. The van der Waals surface area contributed by atoms with Gasteiger partial charge in [0, 0.05) is 16.8 Å². The van der Waals surface area contributed by atoms with Gasteiger partial charge in [-0.1, -0.05) is 18.2 Å². The van der Waals surface area contributed by atoms with Crippen LogP contribution in [0.4, 0.5) is 9.59 Å². The Bertz CT molecular complexity index is 410. The van der Waals surface area contributed by atoms with Crippen LogP contribution in [0.3, 0.4) is 0 Å². The maximum absolute atomic E-state index is 11.1. The fourth-order valence-corrected chi connectivity index (χ4v) is 2.29. The highest BCUT2D eigenvalue weighted by atomic mass is 32.2. The van der Waals surface area contributed by atoms with Crippen LogP contribution in [0.1, 0.15) is 5.56 Å². The van der Waals surface area contributed by atoms with Crippen LogP contribution in [0.25, 0.3) is 0 Å². The van der Waals surface area contributed by atoms with E-state index in [1.807, 2.05) is 24.3 Å². The summed E-state index contributed by atoms with van der Waals surface area (Å²) in [5, 5.41) is 9.83. The third kappa shape index (κ3) is 1.76. The second kappa shape index (κ2) is 3.93. The number of fused-ring (bicyclic) bond motifs is 1. The van der Waals surface area contributed by atoms with Crippen LogP contribution < -0.4 is 5.73 Å². The van der Waals surface area contributed by atoms with Gasteiger partial charge in [0.1, 0.15) is 0 Å². The lowest BCUT2D eigenvalue weighted by Crippen LogP contribution is -2.48. The van der Waals surface area contributed by atoms with Gasteiger partial charge in [0.2, 0.25) is 0 Å². The van der Waals surface area contributed by atoms with E-state index in [9.17, 15) is 9.59 Å². The van der Waals surface area contributed by atoms with Crippen LogP contribution >= 0.6 is 11.9 Å². The number of nitrogens with two attached hydrogens (primary N) is 1. The third-order valence-electron chi connectivity index (χ3n) is 2.11. The molecule has 1 aliphatic heterocycles. The maximum Gasteiger partial charge on any atom is 0.427 e. The summed E-state index contributed by atoms with van der Waals surface area (Å²) >= 11 is 1.01. The number of hydrazine groups is 1. The molecule has 84 valence electrons. The molecule has 1 aliphatic rings. The molecule has 16 heavy (non-hydrogen) atoms. The molecule has 0 bridgehead atoms. The van der Waals surface area contributed by atoms with Crippen molar-refractivity contribution >= 4 is 24.1 Å². The number of primary amides is 1. The van der Waals surface area contributed by atoms with E-state index in [2.05, 4.69) is 0 Å². The van der Waals surface area contributed by atoms with Crippen LogP contribution in [0, 0.1) is 0 Å². The van der Waals surface area contributed by atoms with Gasteiger partial charge in [0.15, 0.2) is 0 Å². The SMILES string of the molecule is NC(=O)N1Sc2ccccc2CN1C(=O)O. The van der Waals surface area contributed by atoms with Crippen molar-refractivity contribution in [2.24, 2.45) is 5.73 Å². The molecule has 3 amide bonds. The summed E-state index contributed by atoms with van der Waals surface area (Å²) < 4.78 is 0.935. The van der Waals surface area contributed by atoms with Crippen molar-refractivity contribution in [2.75, 3.05) is 0 Å². The quantitative estimate of drug-likeness (QED) is 0.671. The summed E-state index contributed by atoms with van der Waals surface area (Å²) in [5.41, 5.74) is 5.97. The molecule has 2 rings (SSSR count). The standard InChI is InChI=1S/C9H9N3O3S/c10-8(13)12-11(9(14)15)5-6-3-1-2-4-7(6)16-12/h1-4H,5H2,(H2,10,13)(H,14,15). The highest BCUT2D eigenvalue weighted by Crippen LogP contribution is 2.33. The minimum absolute atomic E-state index is 0.126. The second-order valence-corrected chi connectivity index (χ2v) is 4.12. The van der Waals surface area contributed by atoms with Crippen molar-refractivity contribution in [3.8, 4) is 0 Å². The molecule has 0 fully saturated rings. The van der Waals surface area contributed by atoms with Gasteiger partial charge >= 0.3 is 12.1 Å². The van der Waals surface area contributed by atoms with Gasteiger partial charge in [-0.2, -0.15) is 9.42 Å². The number of hydrogen-bond acceptors (Lipinski definition) is 3. The first-order valence-electron chi connectivity index (χ1n) is 4.45. The molecule has 0 aromatic heterocycles. The number of nitrogens with zero attached hydrogens (tertiary/aromatic N) is 2. The summed E-state index contributed by atoms with van der Waals surface area (Å²) in [5.74, 6) is 0. The van der Waals surface area contributed by atoms with Gasteiger partial charge in [-0.15, -0.1) is 0 Å². The van der Waals surface area contributed by atoms with Crippen molar-refractivity contribution in [1.82, 2.24) is 9.42 Å². The van der Waals surface area contributed by atoms with Crippen LogP contribution in [-0.4, -0.2) is 26.7 Å². The molecule has 1 aromatic rings. The predicted molar refractivity (Wildman–Crippen MR) is 57.3 cm³/mol. The lowest BCUT2D eigenvalue weighted by molar-refractivity contribution is 0.0722. The lowest BCUT2D eigenvalue weighted by atomic mass is 10.2. The Morgan fingerprint density at radius 3 is 2.69 bits per heavy atom.